The summed E-state index contributed by atoms with van der Waals surface area (Å²) >= 11 is 0. The number of rotatable bonds is 19. The number of hydrogen-bond donors (Lipinski definition) is 0. The van der Waals surface area contributed by atoms with Gasteiger partial charge in [-0.15, -0.1) is 0 Å². The fraction of sp³-hybridized carbons (Fsp3) is 0.372. The van der Waals surface area contributed by atoms with Gasteiger partial charge in [0, 0.05) is 18.4 Å². The van der Waals surface area contributed by atoms with Gasteiger partial charge in [-0.25, -0.2) is 4.79 Å². The Kier molecular flexibility index (Phi) is 15.1. The van der Waals surface area contributed by atoms with E-state index in [9.17, 15) is 4.79 Å². The predicted molar refractivity (Wildman–Crippen MR) is 206 cm³/mol. The van der Waals surface area contributed by atoms with Crippen LogP contribution in [0.15, 0.2) is 121 Å². The first-order chi connectivity index (χ1) is 24.6. The number of benzene rings is 4. The van der Waals surface area contributed by atoms with Gasteiger partial charge in [0.1, 0.15) is 11.5 Å². The maximum absolute atomic E-state index is 12.3. The van der Waals surface area contributed by atoms with Crippen molar-refractivity contribution in [3.05, 3.63) is 132 Å². The van der Waals surface area contributed by atoms with Gasteiger partial charge >= 0.3 is 5.97 Å². The van der Waals surface area contributed by atoms with E-state index >= 15 is 0 Å². The van der Waals surface area contributed by atoms with Gasteiger partial charge in [-0.2, -0.15) is 0 Å². The highest BCUT2D eigenvalue weighted by atomic mass is 28.4. The summed E-state index contributed by atoms with van der Waals surface area (Å²) in [4.78, 5) is 12.3. The molecule has 4 aromatic carbocycles. The van der Waals surface area contributed by atoms with Gasteiger partial charge in [-0.3, -0.25) is 0 Å². The minimum Gasteiger partial charge on any atom is -0.497 e. The lowest BCUT2D eigenvalue weighted by atomic mass is 9.98. The Bertz CT molecular complexity index is 1580. The monoisotopic (exact) mass is 710 g/mol. The Hall–Kier alpha value is -4.21. The molecule has 0 aliphatic heterocycles. The van der Waals surface area contributed by atoms with E-state index in [-0.39, 0.29) is 29.1 Å². The third-order valence-corrected chi connectivity index (χ3v) is 14.1. The van der Waals surface area contributed by atoms with E-state index in [1.165, 1.54) is 16.4 Å². The highest BCUT2D eigenvalue weighted by Crippen LogP contribution is 2.37. The first-order valence-corrected chi connectivity index (χ1v) is 19.6. The molecule has 4 aromatic rings. The molecule has 0 aliphatic rings. The number of esters is 1. The summed E-state index contributed by atoms with van der Waals surface area (Å²) in [6, 6.07) is 37.0. The Morgan fingerprint density at radius 2 is 1.22 bits per heavy atom. The lowest BCUT2D eigenvalue weighted by molar-refractivity contribution is -0.137. The van der Waals surface area contributed by atoms with Crippen LogP contribution in [0.5, 0.6) is 11.5 Å². The molecule has 8 heteroatoms. The second kappa shape index (κ2) is 19.4. The summed E-state index contributed by atoms with van der Waals surface area (Å²) in [5.74, 6) is 1.07. The molecule has 272 valence electrons. The Morgan fingerprint density at radius 3 is 1.67 bits per heavy atom. The zero-order chi connectivity index (χ0) is 36.7. The highest BCUT2D eigenvalue weighted by molar-refractivity contribution is 6.99. The number of methoxy groups -OCH3 is 2. The zero-order valence-corrected chi connectivity index (χ0v) is 32.2. The summed E-state index contributed by atoms with van der Waals surface area (Å²) in [5.41, 5.74) is 2.04. The maximum Gasteiger partial charge on any atom is 0.330 e. The van der Waals surface area contributed by atoms with Gasteiger partial charge in [-0.1, -0.05) is 119 Å². The van der Waals surface area contributed by atoms with E-state index in [1.807, 2.05) is 66.7 Å². The van der Waals surface area contributed by atoms with Gasteiger partial charge in [0.15, 0.2) is 0 Å². The van der Waals surface area contributed by atoms with Crippen LogP contribution in [0.3, 0.4) is 0 Å². The third-order valence-electron chi connectivity index (χ3n) is 9.07. The maximum atomic E-state index is 12.3. The molecule has 0 saturated heterocycles. The minimum absolute atomic E-state index is 0.132. The molecule has 0 amide bonds. The molecule has 0 unspecified atom stereocenters. The van der Waals surface area contributed by atoms with E-state index in [0.29, 0.717) is 32.8 Å². The molecule has 0 fully saturated rings. The van der Waals surface area contributed by atoms with Crippen LogP contribution in [0.4, 0.5) is 0 Å². The van der Waals surface area contributed by atoms with Crippen molar-refractivity contribution in [2.75, 3.05) is 27.4 Å². The van der Waals surface area contributed by atoms with Crippen molar-refractivity contribution in [1.82, 2.24) is 0 Å². The number of carbonyl (C=O) groups excluding carboxylic acids is 1. The number of ether oxygens (including phenoxy) is 5. The van der Waals surface area contributed by atoms with Gasteiger partial charge in [-0.05, 0) is 57.7 Å². The first-order valence-electron chi connectivity index (χ1n) is 17.7. The molecule has 0 spiro atoms. The molecule has 7 nitrogen and oxygen atoms in total. The van der Waals surface area contributed by atoms with Crippen LogP contribution < -0.4 is 19.8 Å². The molecular weight excluding hydrogens is 657 g/mol. The van der Waals surface area contributed by atoms with Crippen LogP contribution >= 0.6 is 0 Å². The molecule has 0 aliphatic carbocycles. The molecular formula is C43H54O7Si. The standard InChI is InChI=1S/C43H54O7Si/c1-8-47-42(44)28-19-33(2)41(49-31-35-22-26-37(46-7)27-23-35)29-38(48-30-34-20-24-36(45-6)25-21-34)32-50-51(43(3,4)5,39-15-11-9-12-16-39)40-17-13-10-14-18-40/h9-28,33,38,41H,8,29-32H2,1-7H3/b28-19+/t33-,38-,41-/m1/s1. The first kappa shape index (κ1) is 39.6. The van der Waals surface area contributed by atoms with Crippen LogP contribution in [0.1, 0.15) is 52.2 Å². The average molecular weight is 711 g/mol. The van der Waals surface area contributed by atoms with E-state index < -0.39 is 8.32 Å². The molecule has 3 atom stereocenters. The van der Waals surface area contributed by atoms with Crippen molar-refractivity contribution < 1.29 is 32.9 Å². The Morgan fingerprint density at radius 1 is 0.725 bits per heavy atom. The van der Waals surface area contributed by atoms with Crippen LogP contribution in [-0.2, 0) is 36.6 Å². The van der Waals surface area contributed by atoms with E-state index in [4.69, 9.17) is 28.1 Å². The van der Waals surface area contributed by atoms with Crippen LogP contribution in [0, 0.1) is 5.92 Å². The summed E-state index contributed by atoms with van der Waals surface area (Å²) in [5, 5.41) is 2.21. The molecule has 0 bridgehead atoms. The van der Waals surface area contributed by atoms with E-state index in [2.05, 4.69) is 76.2 Å². The second-order valence-electron chi connectivity index (χ2n) is 13.7. The molecule has 0 heterocycles. The third kappa shape index (κ3) is 11.1. The van der Waals surface area contributed by atoms with Gasteiger partial charge in [0.25, 0.3) is 8.32 Å². The highest BCUT2D eigenvalue weighted by Gasteiger charge is 2.50. The molecule has 0 N–H and O–H groups in total. The van der Waals surface area contributed by atoms with Gasteiger partial charge in [0.05, 0.1) is 52.9 Å². The SMILES string of the molecule is CCOC(=O)/C=C/[C@@H](C)[C@@H](C[C@H](CO[Si](c1ccccc1)(c1ccccc1)C(C)(C)C)OCc1ccc(OC)cc1)OCc1ccc(OC)cc1. The zero-order valence-electron chi connectivity index (χ0n) is 31.2. The van der Waals surface area contributed by atoms with Crippen molar-refractivity contribution in [2.45, 2.75) is 71.5 Å². The molecule has 0 aromatic heterocycles. The Balaban J connectivity index is 1.69. The van der Waals surface area contributed by atoms with Crippen LogP contribution in [-0.4, -0.2) is 53.9 Å². The lowest BCUT2D eigenvalue weighted by Gasteiger charge is -2.44. The number of hydrogen-bond acceptors (Lipinski definition) is 7. The van der Waals surface area contributed by atoms with Crippen molar-refractivity contribution in [2.24, 2.45) is 5.92 Å². The quantitative estimate of drug-likeness (QED) is 0.0557. The minimum atomic E-state index is -2.85. The molecule has 0 radical (unpaired) electrons. The Labute approximate surface area is 305 Å². The fourth-order valence-electron chi connectivity index (χ4n) is 6.26. The van der Waals surface area contributed by atoms with E-state index in [0.717, 1.165) is 22.6 Å². The average Bonchev–Trinajstić information content (AvgIpc) is 3.15. The predicted octanol–water partition coefficient (Wildman–Crippen LogP) is 7.90. The summed E-state index contributed by atoms with van der Waals surface area (Å²) in [6.45, 7) is 12.1. The molecule has 4 rings (SSSR count). The fourth-order valence-corrected chi connectivity index (χ4v) is 10.9. The smallest absolute Gasteiger partial charge is 0.330 e. The number of carbonyl (C=O) groups is 1. The van der Waals surface area contributed by atoms with E-state index in [1.54, 1.807) is 21.1 Å². The largest absolute Gasteiger partial charge is 0.497 e. The van der Waals surface area contributed by atoms with Crippen LogP contribution in [0.25, 0.3) is 0 Å². The van der Waals surface area contributed by atoms with Crippen molar-refractivity contribution >= 4 is 24.7 Å². The van der Waals surface area contributed by atoms with Gasteiger partial charge < -0.3 is 28.1 Å². The van der Waals surface area contributed by atoms with Gasteiger partial charge in [0.2, 0.25) is 0 Å². The summed E-state index contributed by atoms with van der Waals surface area (Å²) in [7, 11) is 0.458. The molecule has 51 heavy (non-hydrogen) atoms. The summed E-state index contributed by atoms with van der Waals surface area (Å²) in [6.07, 6.45) is 3.23. The molecule has 0 saturated carbocycles. The topological polar surface area (TPSA) is 72.5 Å². The van der Waals surface area contributed by atoms with Crippen molar-refractivity contribution in [3.63, 3.8) is 0 Å². The second-order valence-corrected chi connectivity index (χ2v) is 18.0. The van der Waals surface area contributed by atoms with Crippen LogP contribution in [0.2, 0.25) is 5.04 Å². The van der Waals surface area contributed by atoms with Crippen molar-refractivity contribution in [3.8, 4) is 11.5 Å². The lowest BCUT2D eigenvalue weighted by Crippen LogP contribution is -2.67. The van der Waals surface area contributed by atoms with Crippen molar-refractivity contribution in [1.29, 1.82) is 0 Å². The summed E-state index contributed by atoms with van der Waals surface area (Å²) < 4.78 is 36.7. The normalized spacial score (nSPS) is 13.8.